The Morgan fingerprint density at radius 2 is 1.79 bits per heavy atom. The van der Waals surface area contributed by atoms with E-state index < -0.39 is 5.54 Å². The van der Waals surface area contributed by atoms with Gasteiger partial charge in [0.1, 0.15) is 5.54 Å². The molecule has 0 atom stereocenters. The second-order valence-electron chi connectivity index (χ2n) is 8.02. The van der Waals surface area contributed by atoms with Crippen LogP contribution in [0.3, 0.4) is 0 Å². The third-order valence-corrected chi connectivity index (χ3v) is 6.81. The molecule has 2 aliphatic heterocycles. The molecule has 0 unspecified atom stereocenters. The van der Waals surface area contributed by atoms with Gasteiger partial charge in [0.25, 0.3) is 0 Å². The number of nitrogens with zero attached hydrogens (tertiary/aromatic N) is 3. The highest BCUT2D eigenvalue weighted by atomic mass is 35.5. The summed E-state index contributed by atoms with van der Waals surface area (Å²) in [5.74, 6) is -0.209. The summed E-state index contributed by atoms with van der Waals surface area (Å²) in [5, 5.41) is 2.91. The molecular weight excluding hydrogens is 408 g/mol. The van der Waals surface area contributed by atoms with Crippen molar-refractivity contribution in [1.29, 1.82) is 0 Å². The molecule has 0 radical (unpaired) electrons. The fraction of sp³-hybridized carbons (Fsp3) is 0.429. The SMILES string of the molecule is CC1(C)C(=O)Nc2ccccc2N1C(=O)CN1CCN(Cc2ccc(Cl)s2)CC1. The van der Waals surface area contributed by atoms with E-state index in [4.69, 9.17) is 11.6 Å². The van der Waals surface area contributed by atoms with Crippen molar-refractivity contribution in [2.75, 3.05) is 42.9 Å². The number of amides is 2. The summed E-state index contributed by atoms with van der Waals surface area (Å²) < 4.78 is 0.817. The van der Waals surface area contributed by atoms with Gasteiger partial charge in [-0.05, 0) is 38.1 Å². The number of hydrogen-bond acceptors (Lipinski definition) is 5. The van der Waals surface area contributed by atoms with E-state index in [2.05, 4.69) is 21.2 Å². The molecule has 1 aromatic carbocycles. The first kappa shape index (κ1) is 20.3. The van der Waals surface area contributed by atoms with Gasteiger partial charge in [-0.25, -0.2) is 0 Å². The van der Waals surface area contributed by atoms with Gasteiger partial charge in [0.15, 0.2) is 0 Å². The van der Waals surface area contributed by atoms with E-state index in [-0.39, 0.29) is 11.8 Å². The van der Waals surface area contributed by atoms with E-state index in [9.17, 15) is 9.59 Å². The van der Waals surface area contributed by atoms with Crippen molar-refractivity contribution in [1.82, 2.24) is 9.80 Å². The number of anilines is 2. The molecule has 1 saturated heterocycles. The molecule has 2 amide bonds. The molecule has 1 N–H and O–H groups in total. The van der Waals surface area contributed by atoms with Crippen molar-refractivity contribution in [3.63, 3.8) is 0 Å². The summed E-state index contributed by atoms with van der Waals surface area (Å²) in [4.78, 5) is 33.3. The number of fused-ring (bicyclic) bond motifs is 1. The fourth-order valence-corrected chi connectivity index (χ4v) is 5.05. The van der Waals surface area contributed by atoms with Crippen LogP contribution in [0.1, 0.15) is 18.7 Å². The van der Waals surface area contributed by atoms with Crippen LogP contribution in [0.25, 0.3) is 0 Å². The number of carbonyl (C=O) groups is 2. The summed E-state index contributed by atoms with van der Waals surface area (Å²) in [6.45, 7) is 8.25. The standard InChI is InChI=1S/C21H25ClN4O2S/c1-21(2)20(28)23-16-5-3-4-6-17(16)26(21)19(27)14-25-11-9-24(10-12-25)13-15-7-8-18(22)29-15/h3-8H,9-14H2,1-2H3,(H,23,28). The van der Waals surface area contributed by atoms with Crippen LogP contribution >= 0.6 is 22.9 Å². The monoisotopic (exact) mass is 432 g/mol. The Bertz CT molecular complexity index is 921. The van der Waals surface area contributed by atoms with Crippen LogP contribution in [0.2, 0.25) is 4.34 Å². The molecule has 8 heteroatoms. The van der Waals surface area contributed by atoms with Gasteiger partial charge in [-0.3, -0.25) is 24.3 Å². The third-order valence-electron chi connectivity index (χ3n) is 5.59. The Balaban J connectivity index is 1.40. The minimum atomic E-state index is -0.925. The van der Waals surface area contributed by atoms with Gasteiger partial charge in [-0.2, -0.15) is 0 Å². The molecule has 154 valence electrons. The maximum absolute atomic E-state index is 13.2. The molecule has 0 aliphatic carbocycles. The van der Waals surface area contributed by atoms with Crippen LogP contribution in [-0.2, 0) is 16.1 Å². The Labute approximate surface area is 180 Å². The minimum absolute atomic E-state index is 0.0456. The second-order valence-corrected chi connectivity index (χ2v) is 9.82. The first-order valence-electron chi connectivity index (χ1n) is 9.77. The predicted octanol–water partition coefficient (Wildman–Crippen LogP) is 3.28. The van der Waals surface area contributed by atoms with Gasteiger partial charge in [-0.1, -0.05) is 23.7 Å². The maximum atomic E-state index is 13.2. The lowest BCUT2D eigenvalue weighted by atomic mass is 9.96. The van der Waals surface area contributed by atoms with Crippen molar-refractivity contribution in [2.24, 2.45) is 0 Å². The molecule has 0 spiro atoms. The molecule has 3 heterocycles. The van der Waals surface area contributed by atoms with E-state index in [0.717, 1.165) is 42.7 Å². The largest absolute Gasteiger partial charge is 0.322 e. The van der Waals surface area contributed by atoms with Gasteiger partial charge in [-0.15, -0.1) is 11.3 Å². The normalized spacial score (nSPS) is 19.7. The number of carbonyl (C=O) groups excluding carboxylic acids is 2. The van der Waals surface area contributed by atoms with Crippen LogP contribution in [0.5, 0.6) is 0 Å². The Morgan fingerprint density at radius 3 is 2.48 bits per heavy atom. The number of halogens is 1. The van der Waals surface area contributed by atoms with Crippen molar-refractivity contribution < 1.29 is 9.59 Å². The van der Waals surface area contributed by atoms with Gasteiger partial charge in [0.2, 0.25) is 11.8 Å². The van der Waals surface area contributed by atoms with Crippen molar-refractivity contribution in [3.05, 3.63) is 45.6 Å². The van der Waals surface area contributed by atoms with Crippen LogP contribution in [0.4, 0.5) is 11.4 Å². The zero-order valence-corrected chi connectivity index (χ0v) is 18.2. The highest BCUT2D eigenvalue weighted by molar-refractivity contribution is 7.16. The summed E-state index contributed by atoms with van der Waals surface area (Å²) in [5.41, 5.74) is 0.519. The van der Waals surface area contributed by atoms with Crippen LogP contribution in [-0.4, -0.2) is 59.9 Å². The molecule has 4 rings (SSSR count). The molecule has 0 bridgehead atoms. The lowest BCUT2D eigenvalue weighted by Crippen LogP contribution is -2.61. The molecule has 0 saturated carbocycles. The van der Waals surface area contributed by atoms with Gasteiger partial charge < -0.3 is 5.32 Å². The molecule has 1 fully saturated rings. The minimum Gasteiger partial charge on any atom is -0.322 e. The number of rotatable bonds is 4. The van der Waals surface area contributed by atoms with Crippen molar-refractivity contribution in [3.8, 4) is 0 Å². The van der Waals surface area contributed by atoms with E-state index >= 15 is 0 Å². The third kappa shape index (κ3) is 4.19. The Hall–Kier alpha value is -1.93. The molecular formula is C21H25ClN4O2S. The topological polar surface area (TPSA) is 55.9 Å². The first-order valence-corrected chi connectivity index (χ1v) is 11.0. The van der Waals surface area contributed by atoms with Crippen LogP contribution in [0, 0.1) is 0 Å². The van der Waals surface area contributed by atoms with Crippen molar-refractivity contribution in [2.45, 2.75) is 25.9 Å². The highest BCUT2D eigenvalue weighted by Gasteiger charge is 2.43. The Kier molecular flexibility index (Phi) is 5.66. The first-order chi connectivity index (χ1) is 13.8. The van der Waals surface area contributed by atoms with Crippen LogP contribution in [0.15, 0.2) is 36.4 Å². The number of thiophene rings is 1. The lowest BCUT2D eigenvalue weighted by molar-refractivity contribution is -0.127. The molecule has 1 aromatic heterocycles. The average Bonchev–Trinajstić information content (AvgIpc) is 3.08. The predicted molar refractivity (Wildman–Crippen MR) is 118 cm³/mol. The van der Waals surface area contributed by atoms with Crippen molar-refractivity contribution >= 4 is 46.1 Å². The number of para-hydroxylation sites is 2. The maximum Gasteiger partial charge on any atom is 0.250 e. The molecule has 6 nitrogen and oxygen atoms in total. The number of hydrogen-bond donors (Lipinski definition) is 1. The molecule has 2 aliphatic rings. The van der Waals surface area contributed by atoms with Gasteiger partial charge in [0.05, 0.1) is 22.3 Å². The lowest BCUT2D eigenvalue weighted by Gasteiger charge is -2.43. The van der Waals surface area contributed by atoms with E-state index in [1.165, 1.54) is 4.88 Å². The zero-order valence-electron chi connectivity index (χ0n) is 16.7. The Morgan fingerprint density at radius 1 is 1.10 bits per heavy atom. The van der Waals surface area contributed by atoms with E-state index in [1.54, 1.807) is 30.1 Å². The van der Waals surface area contributed by atoms with Gasteiger partial charge >= 0.3 is 0 Å². The summed E-state index contributed by atoms with van der Waals surface area (Å²) in [6.07, 6.45) is 0. The van der Waals surface area contributed by atoms with Gasteiger partial charge in [0, 0.05) is 37.6 Å². The van der Waals surface area contributed by atoms with E-state index in [0.29, 0.717) is 12.2 Å². The second kappa shape index (κ2) is 8.07. The van der Waals surface area contributed by atoms with E-state index in [1.807, 2.05) is 30.3 Å². The molecule has 29 heavy (non-hydrogen) atoms. The summed E-state index contributed by atoms with van der Waals surface area (Å²) in [6, 6.07) is 11.5. The quantitative estimate of drug-likeness (QED) is 0.805. The fourth-order valence-electron chi connectivity index (χ4n) is 3.92. The highest BCUT2D eigenvalue weighted by Crippen LogP contribution is 2.36. The summed E-state index contributed by atoms with van der Waals surface area (Å²) in [7, 11) is 0. The zero-order chi connectivity index (χ0) is 20.6. The summed E-state index contributed by atoms with van der Waals surface area (Å²) >= 11 is 7.64. The molecule has 2 aromatic rings. The smallest absolute Gasteiger partial charge is 0.250 e. The number of piperazine rings is 1. The number of nitrogens with one attached hydrogen (secondary N) is 1. The van der Waals surface area contributed by atoms with Crippen LogP contribution < -0.4 is 10.2 Å². The number of benzene rings is 1. The average molecular weight is 433 g/mol.